The summed E-state index contributed by atoms with van der Waals surface area (Å²) in [6.45, 7) is -0.922. The van der Waals surface area contributed by atoms with Gasteiger partial charge in [-0.2, -0.15) is 8.78 Å². The number of ether oxygens (including phenoxy) is 1. The van der Waals surface area contributed by atoms with Gasteiger partial charge >= 0.3 is 5.92 Å². The highest BCUT2D eigenvalue weighted by Gasteiger charge is 2.33. The van der Waals surface area contributed by atoms with Crippen LogP contribution in [0.4, 0.5) is 13.2 Å². The topological polar surface area (TPSA) is 35.2 Å². The van der Waals surface area contributed by atoms with Gasteiger partial charge in [0.25, 0.3) is 0 Å². The zero-order valence-corrected chi connectivity index (χ0v) is 10.7. The SMILES string of the molecule is NCc1cccc(F)c1OCC(F)(F)c1ccccc1. The Balaban J connectivity index is 2.17. The van der Waals surface area contributed by atoms with E-state index >= 15 is 0 Å². The summed E-state index contributed by atoms with van der Waals surface area (Å²) >= 11 is 0. The second-order valence-electron chi connectivity index (χ2n) is 4.29. The normalized spacial score (nSPS) is 11.4. The lowest BCUT2D eigenvalue weighted by Gasteiger charge is -2.19. The molecule has 2 rings (SSSR count). The van der Waals surface area contributed by atoms with E-state index < -0.39 is 18.3 Å². The maximum Gasteiger partial charge on any atom is 0.306 e. The Hall–Kier alpha value is -2.01. The third-order valence-corrected chi connectivity index (χ3v) is 2.86. The number of nitrogens with two attached hydrogens (primary N) is 1. The molecule has 0 atom stereocenters. The molecule has 2 aromatic rings. The molecular weight excluding hydrogens is 267 g/mol. The molecule has 0 bridgehead atoms. The summed E-state index contributed by atoms with van der Waals surface area (Å²) in [7, 11) is 0. The fourth-order valence-electron chi connectivity index (χ4n) is 1.80. The van der Waals surface area contributed by atoms with Crippen LogP contribution in [-0.4, -0.2) is 6.61 Å². The van der Waals surface area contributed by atoms with Crippen LogP contribution in [-0.2, 0) is 12.5 Å². The maximum atomic E-state index is 13.9. The molecule has 2 aromatic carbocycles. The molecule has 0 saturated heterocycles. The Morgan fingerprint density at radius 2 is 1.70 bits per heavy atom. The van der Waals surface area contributed by atoms with Gasteiger partial charge in [-0.25, -0.2) is 4.39 Å². The molecule has 0 aliphatic rings. The van der Waals surface area contributed by atoms with Crippen LogP contribution in [0.3, 0.4) is 0 Å². The van der Waals surface area contributed by atoms with Gasteiger partial charge in [0.1, 0.15) is 0 Å². The van der Waals surface area contributed by atoms with Crippen LogP contribution in [0.2, 0.25) is 0 Å². The highest BCUT2D eigenvalue weighted by molar-refractivity contribution is 5.35. The van der Waals surface area contributed by atoms with Crippen molar-refractivity contribution in [2.75, 3.05) is 6.61 Å². The first kappa shape index (κ1) is 14.4. The van der Waals surface area contributed by atoms with E-state index in [1.165, 1.54) is 30.3 Å². The highest BCUT2D eigenvalue weighted by Crippen LogP contribution is 2.30. The maximum absolute atomic E-state index is 13.9. The Bertz CT molecular complexity index is 573. The molecule has 0 aromatic heterocycles. The Morgan fingerprint density at radius 3 is 2.35 bits per heavy atom. The number of para-hydroxylation sites is 1. The summed E-state index contributed by atoms with van der Waals surface area (Å²) in [6.07, 6.45) is 0. The quantitative estimate of drug-likeness (QED) is 0.911. The van der Waals surface area contributed by atoms with Gasteiger partial charge in [0.2, 0.25) is 0 Å². The molecule has 0 unspecified atom stereocenters. The van der Waals surface area contributed by atoms with Crippen LogP contribution in [0.15, 0.2) is 48.5 Å². The van der Waals surface area contributed by atoms with Gasteiger partial charge in [0, 0.05) is 17.7 Å². The largest absolute Gasteiger partial charge is 0.483 e. The van der Waals surface area contributed by atoms with Gasteiger partial charge < -0.3 is 10.5 Å². The van der Waals surface area contributed by atoms with Crippen LogP contribution in [0.25, 0.3) is 0 Å². The van der Waals surface area contributed by atoms with Crippen LogP contribution in [0, 0.1) is 5.82 Å². The molecule has 0 fully saturated rings. The number of halogens is 3. The minimum Gasteiger partial charge on any atom is -0.483 e. The lowest BCUT2D eigenvalue weighted by Crippen LogP contribution is -2.24. The van der Waals surface area contributed by atoms with Crippen LogP contribution in [0.1, 0.15) is 11.1 Å². The molecule has 2 nitrogen and oxygen atoms in total. The molecule has 20 heavy (non-hydrogen) atoms. The number of hydrogen-bond acceptors (Lipinski definition) is 2. The fraction of sp³-hybridized carbons (Fsp3) is 0.200. The first-order valence-electron chi connectivity index (χ1n) is 6.08. The monoisotopic (exact) mass is 281 g/mol. The highest BCUT2D eigenvalue weighted by atomic mass is 19.3. The van der Waals surface area contributed by atoms with Gasteiger partial charge in [-0.05, 0) is 6.07 Å². The Kier molecular flexibility index (Phi) is 4.29. The van der Waals surface area contributed by atoms with Crippen molar-refractivity contribution < 1.29 is 17.9 Å². The van der Waals surface area contributed by atoms with Gasteiger partial charge in [0.05, 0.1) is 0 Å². The predicted molar refractivity (Wildman–Crippen MR) is 70.1 cm³/mol. The number of alkyl halides is 2. The van der Waals surface area contributed by atoms with E-state index in [1.807, 2.05) is 0 Å². The lowest BCUT2D eigenvalue weighted by molar-refractivity contribution is -0.0477. The summed E-state index contributed by atoms with van der Waals surface area (Å²) in [5, 5.41) is 0. The average Bonchev–Trinajstić information content (AvgIpc) is 2.46. The van der Waals surface area contributed by atoms with Crippen molar-refractivity contribution in [3.63, 3.8) is 0 Å². The van der Waals surface area contributed by atoms with E-state index in [9.17, 15) is 13.2 Å². The van der Waals surface area contributed by atoms with Crippen molar-refractivity contribution in [1.29, 1.82) is 0 Å². The lowest BCUT2D eigenvalue weighted by atomic mass is 10.1. The second-order valence-corrected chi connectivity index (χ2v) is 4.29. The fourth-order valence-corrected chi connectivity index (χ4v) is 1.80. The van der Waals surface area contributed by atoms with E-state index in [0.717, 1.165) is 6.07 Å². The van der Waals surface area contributed by atoms with Crippen molar-refractivity contribution in [2.45, 2.75) is 12.5 Å². The third-order valence-electron chi connectivity index (χ3n) is 2.86. The van der Waals surface area contributed by atoms with Gasteiger partial charge in [0.15, 0.2) is 18.2 Å². The predicted octanol–water partition coefficient (Wildman–Crippen LogP) is 3.46. The molecule has 0 heterocycles. The van der Waals surface area contributed by atoms with Crippen LogP contribution < -0.4 is 10.5 Å². The van der Waals surface area contributed by atoms with E-state index in [2.05, 4.69) is 0 Å². The molecule has 0 saturated carbocycles. The Morgan fingerprint density at radius 1 is 1.00 bits per heavy atom. The molecule has 106 valence electrons. The van der Waals surface area contributed by atoms with Crippen molar-refractivity contribution in [1.82, 2.24) is 0 Å². The Labute approximate surface area is 115 Å². The minimum atomic E-state index is -3.20. The molecule has 0 amide bonds. The van der Waals surface area contributed by atoms with Gasteiger partial charge in [-0.1, -0.05) is 42.5 Å². The summed E-state index contributed by atoms with van der Waals surface area (Å²) < 4.78 is 46.4. The minimum absolute atomic E-state index is 0.0179. The first-order chi connectivity index (χ1) is 9.54. The zero-order valence-electron chi connectivity index (χ0n) is 10.7. The third kappa shape index (κ3) is 3.11. The number of benzene rings is 2. The first-order valence-corrected chi connectivity index (χ1v) is 6.08. The molecule has 0 aliphatic carbocycles. The van der Waals surface area contributed by atoms with Gasteiger partial charge in [-0.3, -0.25) is 0 Å². The molecule has 0 aliphatic heterocycles. The number of hydrogen-bond donors (Lipinski definition) is 1. The smallest absolute Gasteiger partial charge is 0.306 e. The van der Waals surface area contributed by atoms with E-state index in [4.69, 9.17) is 10.5 Å². The molecule has 0 spiro atoms. The molecular formula is C15H14F3NO. The second kappa shape index (κ2) is 5.96. The van der Waals surface area contributed by atoms with E-state index in [-0.39, 0.29) is 17.9 Å². The van der Waals surface area contributed by atoms with E-state index in [1.54, 1.807) is 12.1 Å². The van der Waals surface area contributed by atoms with Crippen LogP contribution >= 0.6 is 0 Å². The summed E-state index contributed by atoms with van der Waals surface area (Å²) in [4.78, 5) is 0. The standard InChI is InChI=1S/C15H14F3NO/c16-13-8-4-5-11(9-19)14(13)20-10-15(17,18)12-6-2-1-3-7-12/h1-8H,9-10,19H2. The van der Waals surface area contributed by atoms with Crippen LogP contribution in [0.5, 0.6) is 5.75 Å². The summed E-state index contributed by atoms with van der Waals surface area (Å²) in [6, 6.07) is 11.4. The van der Waals surface area contributed by atoms with Crippen molar-refractivity contribution in [2.24, 2.45) is 5.73 Å². The summed E-state index contributed by atoms with van der Waals surface area (Å²) in [5.74, 6) is -4.11. The number of rotatable bonds is 5. The van der Waals surface area contributed by atoms with Crippen molar-refractivity contribution >= 4 is 0 Å². The van der Waals surface area contributed by atoms with Crippen molar-refractivity contribution in [3.8, 4) is 5.75 Å². The zero-order chi connectivity index (χ0) is 14.6. The molecule has 5 heteroatoms. The molecule has 0 radical (unpaired) electrons. The van der Waals surface area contributed by atoms with Crippen molar-refractivity contribution in [3.05, 3.63) is 65.5 Å². The van der Waals surface area contributed by atoms with Gasteiger partial charge in [-0.15, -0.1) is 0 Å². The summed E-state index contributed by atoms with van der Waals surface area (Å²) in [5.41, 5.74) is 5.62. The molecule has 2 N–H and O–H groups in total. The average molecular weight is 281 g/mol. The van der Waals surface area contributed by atoms with E-state index in [0.29, 0.717) is 5.56 Å².